The van der Waals surface area contributed by atoms with Gasteiger partial charge in [0.1, 0.15) is 11.5 Å². The maximum atomic E-state index is 9.10. The molecule has 104 valence electrons. The summed E-state index contributed by atoms with van der Waals surface area (Å²) in [6.07, 6.45) is 0. The monoisotopic (exact) mass is 262 g/mol. The second kappa shape index (κ2) is 6.89. The Labute approximate surface area is 115 Å². The highest BCUT2D eigenvalue weighted by Gasteiger charge is 2.14. The zero-order chi connectivity index (χ0) is 14.4. The average molecular weight is 262 g/mol. The van der Waals surface area contributed by atoms with E-state index in [2.05, 4.69) is 11.4 Å². The number of benzene rings is 1. The lowest BCUT2D eigenvalue weighted by molar-refractivity contribution is 0.401. The van der Waals surface area contributed by atoms with Gasteiger partial charge in [-0.05, 0) is 24.5 Å². The number of methoxy groups -OCH3 is 2. The van der Waals surface area contributed by atoms with Crippen molar-refractivity contribution in [1.29, 1.82) is 5.26 Å². The van der Waals surface area contributed by atoms with Crippen molar-refractivity contribution in [2.75, 3.05) is 26.1 Å². The van der Waals surface area contributed by atoms with Crippen LogP contribution >= 0.6 is 0 Å². The van der Waals surface area contributed by atoms with Gasteiger partial charge in [-0.25, -0.2) is 0 Å². The summed E-state index contributed by atoms with van der Waals surface area (Å²) in [7, 11) is 3.28. The number of ether oxygens (including phenoxy) is 2. The van der Waals surface area contributed by atoms with Gasteiger partial charge < -0.3 is 14.8 Å². The zero-order valence-electron chi connectivity index (χ0n) is 12.3. The fraction of sp³-hybridized carbons (Fsp3) is 0.533. The summed E-state index contributed by atoms with van der Waals surface area (Å²) in [5, 5.41) is 12.4. The maximum Gasteiger partial charge on any atom is 0.142 e. The third-order valence-corrected chi connectivity index (χ3v) is 3.20. The first-order valence-electron chi connectivity index (χ1n) is 6.39. The van der Waals surface area contributed by atoms with Crippen molar-refractivity contribution in [3.05, 3.63) is 17.7 Å². The minimum atomic E-state index is -0.0306. The standard InChI is InChI=1S/C15H22N2O2/c1-10(2)12(8-16)9-17-13-7-14(18-4)11(3)6-15(13)19-5/h6-7,10,12,17H,9H2,1-5H3. The average Bonchev–Trinajstić information content (AvgIpc) is 2.39. The molecule has 1 atom stereocenters. The first-order chi connectivity index (χ1) is 9.03. The Balaban J connectivity index is 2.91. The number of aryl methyl sites for hydroxylation is 1. The van der Waals surface area contributed by atoms with Crippen molar-refractivity contribution in [2.45, 2.75) is 20.8 Å². The number of nitriles is 1. The van der Waals surface area contributed by atoms with Crippen molar-refractivity contribution < 1.29 is 9.47 Å². The van der Waals surface area contributed by atoms with Crippen LogP contribution in [0.1, 0.15) is 19.4 Å². The molecule has 0 spiro atoms. The molecule has 0 aliphatic carbocycles. The molecule has 0 radical (unpaired) electrons. The van der Waals surface area contributed by atoms with Crippen molar-refractivity contribution in [3.63, 3.8) is 0 Å². The predicted molar refractivity (Wildman–Crippen MR) is 76.7 cm³/mol. The summed E-state index contributed by atoms with van der Waals surface area (Å²) in [5.41, 5.74) is 1.87. The summed E-state index contributed by atoms with van der Waals surface area (Å²) in [6.45, 7) is 6.65. The van der Waals surface area contributed by atoms with Gasteiger partial charge in [0.25, 0.3) is 0 Å². The van der Waals surface area contributed by atoms with Gasteiger partial charge in [-0.1, -0.05) is 13.8 Å². The highest BCUT2D eigenvalue weighted by molar-refractivity contribution is 5.62. The van der Waals surface area contributed by atoms with Crippen molar-refractivity contribution >= 4 is 5.69 Å². The van der Waals surface area contributed by atoms with E-state index in [1.165, 1.54) is 0 Å². The number of anilines is 1. The molecule has 0 fully saturated rings. The summed E-state index contributed by atoms with van der Waals surface area (Å²) in [4.78, 5) is 0. The normalized spacial score (nSPS) is 11.8. The van der Waals surface area contributed by atoms with Crippen molar-refractivity contribution in [1.82, 2.24) is 0 Å². The van der Waals surface area contributed by atoms with Crippen LogP contribution in [-0.2, 0) is 0 Å². The molecule has 0 aliphatic rings. The third kappa shape index (κ3) is 3.78. The van der Waals surface area contributed by atoms with Gasteiger partial charge in [-0.15, -0.1) is 0 Å². The summed E-state index contributed by atoms with van der Waals surface area (Å²) in [6, 6.07) is 6.15. The molecule has 0 aliphatic heterocycles. The van der Waals surface area contributed by atoms with Crippen LogP contribution in [0.5, 0.6) is 11.5 Å². The lowest BCUT2D eigenvalue weighted by atomic mass is 9.97. The highest BCUT2D eigenvalue weighted by Crippen LogP contribution is 2.32. The molecule has 0 heterocycles. The van der Waals surface area contributed by atoms with E-state index in [-0.39, 0.29) is 5.92 Å². The third-order valence-electron chi connectivity index (χ3n) is 3.20. The Morgan fingerprint density at radius 3 is 2.32 bits per heavy atom. The molecule has 1 N–H and O–H groups in total. The molecule has 19 heavy (non-hydrogen) atoms. The quantitative estimate of drug-likeness (QED) is 0.855. The van der Waals surface area contributed by atoms with Crippen LogP contribution in [0.2, 0.25) is 0 Å². The topological polar surface area (TPSA) is 54.3 Å². The lowest BCUT2D eigenvalue weighted by Crippen LogP contribution is -2.18. The molecule has 0 bridgehead atoms. The van der Waals surface area contributed by atoms with E-state index in [4.69, 9.17) is 14.7 Å². The molecular weight excluding hydrogens is 240 g/mol. The van der Waals surface area contributed by atoms with E-state index in [0.29, 0.717) is 12.5 Å². The van der Waals surface area contributed by atoms with Crippen LogP contribution in [0.15, 0.2) is 12.1 Å². The first-order valence-corrected chi connectivity index (χ1v) is 6.39. The van der Waals surface area contributed by atoms with Gasteiger partial charge in [-0.3, -0.25) is 0 Å². The molecule has 0 saturated heterocycles. The Morgan fingerprint density at radius 1 is 1.21 bits per heavy atom. The SMILES string of the molecule is COc1cc(NCC(C#N)C(C)C)c(OC)cc1C. The van der Waals surface area contributed by atoms with Crippen LogP contribution in [0.3, 0.4) is 0 Å². The Hall–Kier alpha value is -1.89. The second-order valence-corrected chi connectivity index (χ2v) is 4.88. The van der Waals surface area contributed by atoms with E-state index in [0.717, 1.165) is 22.7 Å². The largest absolute Gasteiger partial charge is 0.496 e. The van der Waals surface area contributed by atoms with Gasteiger partial charge in [-0.2, -0.15) is 5.26 Å². The van der Waals surface area contributed by atoms with Crippen LogP contribution < -0.4 is 14.8 Å². The summed E-state index contributed by atoms with van der Waals surface area (Å²) >= 11 is 0. The molecule has 4 heteroatoms. The van der Waals surface area contributed by atoms with Gasteiger partial charge in [0.2, 0.25) is 0 Å². The Bertz CT molecular complexity index is 464. The molecule has 1 aromatic carbocycles. The van der Waals surface area contributed by atoms with Crippen LogP contribution in [0.25, 0.3) is 0 Å². The van der Waals surface area contributed by atoms with Gasteiger partial charge in [0, 0.05) is 12.6 Å². The van der Waals surface area contributed by atoms with Gasteiger partial charge in [0.05, 0.1) is 31.9 Å². The number of hydrogen-bond donors (Lipinski definition) is 1. The van der Waals surface area contributed by atoms with E-state index < -0.39 is 0 Å². The molecule has 1 rings (SSSR count). The smallest absolute Gasteiger partial charge is 0.142 e. The fourth-order valence-corrected chi connectivity index (χ4v) is 1.84. The van der Waals surface area contributed by atoms with E-state index in [1.807, 2.05) is 32.9 Å². The molecular formula is C15H22N2O2. The minimum Gasteiger partial charge on any atom is -0.496 e. The zero-order valence-corrected chi connectivity index (χ0v) is 12.3. The molecule has 0 saturated carbocycles. The van der Waals surface area contributed by atoms with E-state index in [1.54, 1.807) is 14.2 Å². The summed E-state index contributed by atoms with van der Waals surface area (Å²) in [5.74, 6) is 1.85. The number of nitrogens with one attached hydrogen (secondary N) is 1. The first kappa shape index (κ1) is 15.2. The Kier molecular flexibility index (Phi) is 5.50. The summed E-state index contributed by atoms with van der Waals surface area (Å²) < 4.78 is 10.7. The van der Waals surface area contributed by atoms with Gasteiger partial charge in [0.15, 0.2) is 0 Å². The number of hydrogen-bond acceptors (Lipinski definition) is 4. The molecule has 0 amide bonds. The minimum absolute atomic E-state index is 0.0306. The van der Waals surface area contributed by atoms with E-state index in [9.17, 15) is 0 Å². The predicted octanol–water partition coefficient (Wildman–Crippen LogP) is 3.22. The maximum absolute atomic E-state index is 9.10. The number of rotatable bonds is 6. The van der Waals surface area contributed by atoms with Crippen LogP contribution in [0.4, 0.5) is 5.69 Å². The lowest BCUT2D eigenvalue weighted by Gasteiger charge is -2.18. The highest BCUT2D eigenvalue weighted by atomic mass is 16.5. The number of nitrogens with zero attached hydrogens (tertiary/aromatic N) is 1. The molecule has 0 aromatic heterocycles. The fourth-order valence-electron chi connectivity index (χ4n) is 1.84. The van der Waals surface area contributed by atoms with E-state index >= 15 is 0 Å². The van der Waals surface area contributed by atoms with Crippen molar-refractivity contribution in [2.24, 2.45) is 11.8 Å². The molecule has 4 nitrogen and oxygen atoms in total. The van der Waals surface area contributed by atoms with Crippen LogP contribution in [0, 0.1) is 30.1 Å². The van der Waals surface area contributed by atoms with Gasteiger partial charge >= 0.3 is 0 Å². The Morgan fingerprint density at radius 2 is 1.84 bits per heavy atom. The van der Waals surface area contributed by atoms with Crippen LogP contribution in [-0.4, -0.2) is 20.8 Å². The van der Waals surface area contributed by atoms with Crippen molar-refractivity contribution in [3.8, 4) is 17.6 Å². The second-order valence-electron chi connectivity index (χ2n) is 4.88. The molecule has 1 unspecified atom stereocenters. The molecule has 1 aromatic rings.